The minimum absolute atomic E-state index is 0.0175. The smallest absolute Gasteiger partial charge is 0.333 e. The first-order chi connectivity index (χ1) is 17.2. The van der Waals surface area contributed by atoms with Gasteiger partial charge in [0.05, 0.1) is 15.5 Å². The molecule has 0 aliphatic carbocycles. The van der Waals surface area contributed by atoms with E-state index < -0.39 is 32.4 Å². The third kappa shape index (κ3) is 7.81. The topological polar surface area (TPSA) is 193 Å². The van der Waals surface area contributed by atoms with Crippen molar-refractivity contribution in [3.05, 3.63) is 44.5 Å². The Labute approximate surface area is 209 Å². The fraction of sp³-hybridized carbons (Fsp3) is 0.381. The van der Waals surface area contributed by atoms with Crippen LogP contribution >= 0.6 is 11.3 Å². The molecule has 14 nitrogen and oxygen atoms in total. The maximum absolute atomic E-state index is 12.5. The highest BCUT2D eigenvalue weighted by Crippen LogP contribution is 2.42. The van der Waals surface area contributed by atoms with Crippen LogP contribution in [0.1, 0.15) is 33.1 Å². The maximum Gasteiger partial charge on any atom is 0.333 e. The van der Waals surface area contributed by atoms with Gasteiger partial charge in [0.1, 0.15) is 17.8 Å². The van der Waals surface area contributed by atoms with Crippen LogP contribution in [0.25, 0.3) is 0 Å². The highest BCUT2D eigenvalue weighted by atomic mass is 32.1. The number of nitrogens with zero attached hydrogens (tertiary/aromatic N) is 6. The second-order valence-electron chi connectivity index (χ2n) is 7.08. The number of benzene rings is 1. The monoisotopic (exact) mass is 517 g/mol. The summed E-state index contributed by atoms with van der Waals surface area (Å²) in [5.74, 6) is -1.01. The van der Waals surface area contributed by atoms with Gasteiger partial charge in [-0.2, -0.15) is 5.26 Å². The first-order valence-corrected chi connectivity index (χ1v) is 11.6. The molecule has 0 aliphatic heterocycles. The molecule has 0 spiro atoms. The van der Waals surface area contributed by atoms with Gasteiger partial charge in [0.2, 0.25) is 10.9 Å². The number of carbonyl (C=O) groups excluding carboxylic acids is 2. The zero-order valence-corrected chi connectivity index (χ0v) is 20.3. The van der Waals surface area contributed by atoms with Crippen LogP contribution < -0.4 is 10.2 Å². The summed E-state index contributed by atoms with van der Waals surface area (Å²) in [5, 5.41) is 40.5. The van der Waals surface area contributed by atoms with Crippen LogP contribution in [-0.2, 0) is 14.3 Å². The van der Waals surface area contributed by atoms with Crippen molar-refractivity contribution in [2.45, 2.75) is 33.1 Å². The lowest BCUT2D eigenvalue weighted by Gasteiger charge is -2.22. The molecule has 15 heteroatoms. The summed E-state index contributed by atoms with van der Waals surface area (Å²) in [4.78, 5) is 46.7. The summed E-state index contributed by atoms with van der Waals surface area (Å²) >= 11 is 0.509. The molecule has 190 valence electrons. The second-order valence-corrected chi connectivity index (χ2v) is 8.09. The number of thiophene rings is 1. The molecule has 0 saturated carbocycles. The van der Waals surface area contributed by atoms with E-state index >= 15 is 0 Å². The van der Waals surface area contributed by atoms with Gasteiger partial charge in [0.15, 0.2) is 6.61 Å². The van der Waals surface area contributed by atoms with Gasteiger partial charge in [-0.15, -0.1) is 10.2 Å². The average molecular weight is 518 g/mol. The third-order valence-electron chi connectivity index (χ3n) is 4.77. The van der Waals surface area contributed by atoms with Gasteiger partial charge in [0.25, 0.3) is 0 Å². The highest BCUT2D eigenvalue weighted by Gasteiger charge is 2.25. The lowest BCUT2D eigenvalue weighted by molar-refractivity contribution is -0.389. The lowest BCUT2D eigenvalue weighted by atomic mass is 10.2. The largest absolute Gasteiger partial charge is 0.450 e. The Bertz CT molecular complexity index is 1200. The molecule has 1 aromatic carbocycles. The van der Waals surface area contributed by atoms with Crippen LogP contribution in [0, 0.1) is 31.6 Å². The first-order valence-electron chi connectivity index (χ1n) is 10.8. The summed E-state index contributed by atoms with van der Waals surface area (Å²) in [7, 11) is 0. The molecule has 1 N–H and O–H groups in total. The number of esters is 1. The molecule has 2 aromatic rings. The van der Waals surface area contributed by atoms with E-state index in [1.165, 1.54) is 0 Å². The van der Waals surface area contributed by atoms with Gasteiger partial charge in [-0.25, -0.2) is 0 Å². The van der Waals surface area contributed by atoms with Crippen molar-refractivity contribution in [1.82, 2.24) is 0 Å². The van der Waals surface area contributed by atoms with Gasteiger partial charge < -0.3 is 15.0 Å². The molecule has 1 amide bonds. The predicted octanol–water partition coefficient (Wildman–Crippen LogP) is 5.00. The minimum Gasteiger partial charge on any atom is -0.450 e. The zero-order chi connectivity index (χ0) is 26.7. The first kappa shape index (κ1) is 27.8. The molecule has 0 radical (unpaired) electrons. The van der Waals surface area contributed by atoms with E-state index in [4.69, 9.17) is 5.26 Å². The lowest BCUT2D eigenvalue weighted by Crippen LogP contribution is -2.22. The van der Waals surface area contributed by atoms with Crippen molar-refractivity contribution < 1.29 is 24.2 Å². The van der Waals surface area contributed by atoms with Crippen molar-refractivity contribution in [1.29, 1.82) is 5.26 Å². The van der Waals surface area contributed by atoms with Crippen LogP contribution in [-0.4, -0.2) is 41.4 Å². The molecule has 0 aliphatic rings. The van der Waals surface area contributed by atoms with Crippen molar-refractivity contribution in [2.24, 2.45) is 10.2 Å². The van der Waals surface area contributed by atoms with Gasteiger partial charge in [-0.1, -0.05) is 0 Å². The van der Waals surface area contributed by atoms with Crippen molar-refractivity contribution >= 4 is 56.0 Å². The molecular weight excluding hydrogens is 494 g/mol. The number of hydrogen-bond donors (Lipinski definition) is 1. The minimum atomic E-state index is -0.786. The van der Waals surface area contributed by atoms with E-state index in [1.54, 1.807) is 24.3 Å². The molecule has 0 fully saturated rings. The van der Waals surface area contributed by atoms with E-state index in [9.17, 15) is 29.8 Å². The van der Waals surface area contributed by atoms with Crippen LogP contribution in [0.2, 0.25) is 0 Å². The van der Waals surface area contributed by atoms with E-state index in [2.05, 4.69) is 20.3 Å². The Balaban J connectivity index is 2.29. The molecular formula is C21H23N7O7S. The summed E-state index contributed by atoms with van der Waals surface area (Å²) < 4.78 is 4.64. The Kier molecular flexibility index (Phi) is 10.4. The van der Waals surface area contributed by atoms with E-state index in [0.29, 0.717) is 24.4 Å². The Hall–Kier alpha value is -4.45. The molecule has 0 bridgehead atoms. The number of nitrogens with one attached hydrogen (secondary N) is 1. The Morgan fingerprint density at radius 3 is 2.47 bits per heavy atom. The van der Waals surface area contributed by atoms with Crippen LogP contribution in [0.4, 0.5) is 32.8 Å². The van der Waals surface area contributed by atoms with E-state index in [-0.39, 0.29) is 42.2 Å². The number of azo groups is 1. The normalized spacial score (nSPS) is 10.6. The van der Waals surface area contributed by atoms with Gasteiger partial charge in [-0.3, -0.25) is 29.8 Å². The summed E-state index contributed by atoms with van der Waals surface area (Å²) in [6.07, 6.45) is 0.131. The van der Waals surface area contributed by atoms with Gasteiger partial charge >= 0.3 is 16.7 Å². The number of carbonyl (C=O) groups is 2. The quantitative estimate of drug-likeness (QED) is 0.164. The number of nitriles is 1. The second kappa shape index (κ2) is 13.4. The fourth-order valence-electron chi connectivity index (χ4n) is 3.04. The van der Waals surface area contributed by atoms with Crippen LogP contribution in [0.5, 0.6) is 0 Å². The number of amides is 1. The summed E-state index contributed by atoms with van der Waals surface area (Å²) in [5.41, 5.74) is 0.683. The predicted molar refractivity (Wildman–Crippen MR) is 131 cm³/mol. The maximum atomic E-state index is 12.5. The fourth-order valence-corrected chi connectivity index (χ4v) is 3.80. The molecule has 36 heavy (non-hydrogen) atoms. The van der Waals surface area contributed by atoms with Crippen LogP contribution in [0.15, 0.2) is 34.5 Å². The SMILES string of the molecule is CCN(CC)c1ccc(N=Nc2sc([N+](=O)[O-])cc2[N+](=O)[O-])c(NC(=O)CCCC(=O)OCC#N)c1. The average Bonchev–Trinajstić information content (AvgIpc) is 3.28. The number of rotatable bonds is 13. The Morgan fingerprint density at radius 2 is 1.86 bits per heavy atom. The van der Waals surface area contributed by atoms with Crippen molar-refractivity contribution in [2.75, 3.05) is 29.9 Å². The number of anilines is 2. The standard InChI is InChI=1S/C21H23N7O7S/c1-3-26(4-2)14-8-9-15(24-25-21-17(27(31)32)13-19(36-21)28(33)34)16(12-14)23-18(29)6-5-7-20(30)35-11-10-22/h8-9,12-13H,3-7,11H2,1-2H3,(H,23,29). The van der Waals surface area contributed by atoms with Crippen LogP contribution in [0.3, 0.4) is 0 Å². The molecule has 1 heterocycles. The van der Waals surface area contributed by atoms with Gasteiger partial charge in [-0.05, 0) is 49.8 Å². The summed E-state index contributed by atoms with van der Waals surface area (Å²) in [6.45, 7) is 4.96. The number of nitro groups is 2. The highest BCUT2D eigenvalue weighted by molar-refractivity contribution is 7.19. The van der Waals surface area contributed by atoms with E-state index in [0.717, 1.165) is 11.8 Å². The Morgan fingerprint density at radius 1 is 1.14 bits per heavy atom. The zero-order valence-electron chi connectivity index (χ0n) is 19.5. The summed E-state index contributed by atoms with van der Waals surface area (Å²) in [6, 6.07) is 7.48. The third-order valence-corrected chi connectivity index (χ3v) is 5.73. The van der Waals surface area contributed by atoms with E-state index in [1.807, 2.05) is 18.7 Å². The van der Waals surface area contributed by atoms with Gasteiger partial charge in [0, 0.05) is 31.6 Å². The molecule has 0 saturated heterocycles. The van der Waals surface area contributed by atoms with Crippen molar-refractivity contribution in [3.8, 4) is 6.07 Å². The number of ether oxygens (including phenoxy) is 1. The number of hydrogen-bond acceptors (Lipinski definition) is 12. The van der Waals surface area contributed by atoms with Crippen molar-refractivity contribution in [3.63, 3.8) is 0 Å². The molecule has 1 aromatic heterocycles. The molecule has 0 unspecified atom stereocenters. The molecule has 2 rings (SSSR count). The molecule has 0 atom stereocenters.